The number of benzene rings is 5. The lowest BCUT2D eigenvalue weighted by atomic mass is 9.84. The molecule has 1 N–H and O–H groups in total. The van der Waals surface area contributed by atoms with E-state index in [1.54, 1.807) is 0 Å². The van der Waals surface area contributed by atoms with Gasteiger partial charge in [0.15, 0.2) is 0 Å². The molecule has 252 valence electrons. The second kappa shape index (κ2) is 12.0. The molecule has 0 radical (unpaired) electrons. The molecule has 0 bridgehead atoms. The highest BCUT2D eigenvalue weighted by atomic mass is 16.3. The van der Waals surface area contributed by atoms with E-state index in [2.05, 4.69) is 158 Å². The number of para-hydroxylation sites is 1. The van der Waals surface area contributed by atoms with E-state index in [9.17, 15) is 5.11 Å². The summed E-state index contributed by atoms with van der Waals surface area (Å²) in [5, 5.41) is 12.4. The molecule has 0 saturated heterocycles. The number of imidazole rings is 1. The molecule has 0 amide bonds. The third kappa shape index (κ3) is 6.08. The molecule has 5 aromatic carbocycles. The minimum absolute atomic E-state index is 0.0180. The van der Waals surface area contributed by atoms with Crippen LogP contribution in [0.15, 0.2) is 115 Å². The first kappa shape index (κ1) is 33.3. The molecule has 7 rings (SSSR count). The largest absolute Gasteiger partial charge is 0.507 e. The van der Waals surface area contributed by atoms with Crippen LogP contribution in [-0.4, -0.2) is 19.6 Å². The third-order valence-electron chi connectivity index (χ3n) is 9.83. The van der Waals surface area contributed by atoms with Gasteiger partial charge < -0.3 is 5.11 Å². The Morgan fingerprint density at radius 3 is 1.86 bits per heavy atom. The second-order valence-corrected chi connectivity index (χ2v) is 16.7. The Kier molecular flexibility index (Phi) is 7.98. The summed E-state index contributed by atoms with van der Waals surface area (Å²) in [4.78, 5) is 10.3. The van der Waals surface area contributed by atoms with Crippen molar-refractivity contribution in [3.63, 3.8) is 0 Å². The van der Waals surface area contributed by atoms with Crippen molar-refractivity contribution in [3.8, 4) is 45.1 Å². The summed E-state index contributed by atoms with van der Waals surface area (Å²) in [6.07, 6.45) is 1.87. The Morgan fingerprint density at radius 1 is 0.520 bits per heavy atom. The number of fused-ring (bicyclic) bond motifs is 2. The molecule has 0 atom stereocenters. The minimum Gasteiger partial charge on any atom is -0.507 e. The zero-order valence-electron chi connectivity index (χ0n) is 30.8. The molecule has 0 aliphatic rings. The van der Waals surface area contributed by atoms with Gasteiger partial charge in [-0.1, -0.05) is 117 Å². The van der Waals surface area contributed by atoms with E-state index in [1.165, 1.54) is 11.1 Å². The van der Waals surface area contributed by atoms with Crippen LogP contribution in [0, 0.1) is 0 Å². The number of pyridine rings is 1. The Labute approximate surface area is 296 Å². The lowest BCUT2D eigenvalue weighted by molar-refractivity contribution is 0.476. The molecule has 0 aliphatic carbocycles. The molecule has 4 nitrogen and oxygen atoms in total. The van der Waals surface area contributed by atoms with Gasteiger partial charge in [0.05, 0.1) is 16.6 Å². The Bertz CT molecular complexity index is 2380. The van der Waals surface area contributed by atoms with Crippen molar-refractivity contribution in [2.75, 3.05) is 0 Å². The van der Waals surface area contributed by atoms with E-state index in [0.29, 0.717) is 0 Å². The van der Waals surface area contributed by atoms with Gasteiger partial charge in [0.1, 0.15) is 11.6 Å². The summed E-state index contributed by atoms with van der Waals surface area (Å²) in [7, 11) is 0. The van der Waals surface area contributed by atoms with E-state index < -0.39 is 0 Å². The fourth-order valence-electron chi connectivity index (χ4n) is 6.77. The van der Waals surface area contributed by atoms with Gasteiger partial charge in [0, 0.05) is 39.5 Å². The van der Waals surface area contributed by atoms with Crippen molar-refractivity contribution in [3.05, 3.63) is 132 Å². The number of aromatic nitrogens is 3. The maximum Gasteiger partial charge on any atom is 0.145 e. The van der Waals surface area contributed by atoms with Gasteiger partial charge in [0.25, 0.3) is 0 Å². The number of rotatable bonds is 4. The van der Waals surface area contributed by atoms with Gasteiger partial charge >= 0.3 is 0 Å². The van der Waals surface area contributed by atoms with Crippen molar-refractivity contribution in [1.29, 1.82) is 0 Å². The van der Waals surface area contributed by atoms with Crippen molar-refractivity contribution >= 4 is 21.9 Å². The van der Waals surface area contributed by atoms with Crippen LogP contribution in [0.25, 0.3) is 61.3 Å². The first-order valence-electron chi connectivity index (χ1n) is 17.6. The predicted molar refractivity (Wildman–Crippen MR) is 210 cm³/mol. The fraction of sp³-hybridized carbons (Fsp3) is 0.261. The van der Waals surface area contributed by atoms with Gasteiger partial charge in [-0.3, -0.25) is 9.55 Å². The van der Waals surface area contributed by atoms with E-state index >= 15 is 0 Å². The quantitative estimate of drug-likeness (QED) is 0.205. The number of nitrogens with zero attached hydrogens (tertiary/aromatic N) is 3. The topological polar surface area (TPSA) is 50.9 Å². The number of phenolic OH excluding ortho intramolecular Hbond substituents is 1. The van der Waals surface area contributed by atoms with Crippen LogP contribution in [0.5, 0.6) is 5.75 Å². The third-order valence-corrected chi connectivity index (χ3v) is 9.83. The second-order valence-electron chi connectivity index (χ2n) is 16.7. The zero-order valence-corrected chi connectivity index (χ0v) is 30.8. The number of aromatic hydroxyl groups is 1. The molecule has 0 unspecified atom stereocenters. The smallest absolute Gasteiger partial charge is 0.145 e. The first-order valence-corrected chi connectivity index (χ1v) is 17.6. The summed E-state index contributed by atoms with van der Waals surface area (Å²) in [5.74, 6) is 1.09. The van der Waals surface area contributed by atoms with Gasteiger partial charge in [-0.2, -0.15) is 0 Å². The van der Waals surface area contributed by atoms with Crippen LogP contribution in [-0.2, 0) is 16.2 Å². The normalized spacial score (nSPS) is 12.6. The van der Waals surface area contributed by atoms with Crippen molar-refractivity contribution in [2.45, 2.75) is 78.6 Å². The monoisotopic (exact) mass is 657 g/mol. The van der Waals surface area contributed by atoms with Crippen molar-refractivity contribution in [1.82, 2.24) is 14.5 Å². The minimum atomic E-state index is -0.0700. The van der Waals surface area contributed by atoms with E-state index in [-0.39, 0.29) is 22.0 Å². The van der Waals surface area contributed by atoms with Gasteiger partial charge in [-0.15, -0.1) is 0 Å². The lowest BCUT2D eigenvalue weighted by Gasteiger charge is -2.21. The van der Waals surface area contributed by atoms with E-state index in [4.69, 9.17) is 9.97 Å². The van der Waals surface area contributed by atoms with Crippen LogP contribution >= 0.6 is 0 Å². The van der Waals surface area contributed by atoms with Crippen LogP contribution in [0.4, 0.5) is 0 Å². The average Bonchev–Trinajstić information content (AvgIpc) is 3.47. The summed E-state index contributed by atoms with van der Waals surface area (Å²) in [5.41, 5.74) is 12.4. The molecule has 0 aliphatic heterocycles. The molecular weight excluding hydrogens is 611 g/mol. The highest BCUT2D eigenvalue weighted by Crippen LogP contribution is 2.41. The van der Waals surface area contributed by atoms with Crippen LogP contribution < -0.4 is 0 Å². The summed E-state index contributed by atoms with van der Waals surface area (Å²) in [6.45, 7) is 20.1. The SMILES string of the molecule is CC(C)(C)c1ccc(-n2c(-c3cccc(-c4cc(C(C)(C)C)cc5cccnc45)c3)nc3c(-c4cc(C(C)(C)C)ccc4O)cccc32)cc1. The maximum absolute atomic E-state index is 11.2. The molecular formula is C46H47N3O. The molecule has 0 fully saturated rings. The van der Waals surface area contributed by atoms with Gasteiger partial charge in [-0.25, -0.2) is 4.98 Å². The maximum atomic E-state index is 11.2. The summed E-state index contributed by atoms with van der Waals surface area (Å²) >= 11 is 0. The Balaban J connectivity index is 1.49. The van der Waals surface area contributed by atoms with Gasteiger partial charge in [-0.05, 0) is 93.1 Å². The molecule has 0 spiro atoms. The Morgan fingerprint density at radius 2 is 1.16 bits per heavy atom. The molecule has 2 heterocycles. The highest BCUT2D eigenvalue weighted by molar-refractivity contribution is 5.98. The molecule has 2 aromatic heterocycles. The first-order chi connectivity index (χ1) is 23.6. The lowest BCUT2D eigenvalue weighted by Crippen LogP contribution is -2.11. The summed E-state index contributed by atoms with van der Waals surface area (Å²) < 4.78 is 2.26. The van der Waals surface area contributed by atoms with E-state index in [0.717, 1.165) is 66.8 Å². The molecule has 4 heteroatoms. The fourth-order valence-corrected chi connectivity index (χ4v) is 6.77. The van der Waals surface area contributed by atoms with Crippen molar-refractivity contribution < 1.29 is 5.11 Å². The predicted octanol–water partition coefficient (Wildman–Crippen LogP) is 12.2. The zero-order chi connectivity index (χ0) is 35.6. The molecule has 50 heavy (non-hydrogen) atoms. The Hall–Kier alpha value is -5.22. The molecule has 7 aromatic rings. The van der Waals surface area contributed by atoms with Crippen LogP contribution in [0.2, 0.25) is 0 Å². The standard InChI is InChI=1S/C46H47N3O/c1-44(2,3)32-18-21-35(22-19-32)49-39-17-11-16-36(38-27-33(45(4,5)6)20-23-40(38)50)42(39)48-43(49)31-14-10-13-29(25-31)37-28-34(46(7,8)9)26-30-15-12-24-47-41(30)37/h10-28,50H,1-9H3. The summed E-state index contributed by atoms with van der Waals surface area (Å²) in [6, 6.07) is 38.4. The van der Waals surface area contributed by atoms with Crippen LogP contribution in [0.1, 0.15) is 79.0 Å². The molecule has 0 saturated carbocycles. The van der Waals surface area contributed by atoms with Crippen LogP contribution in [0.3, 0.4) is 0 Å². The number of hydrogen-bond acceptors (Lipinski definition) is 3. The van der Waals surface area contributed by atoms with Gasteiger partial charge in [0.2, 0.25) is 0 Å². The average molecular weight is 658 g/mol. The highest BCUT2D eigenvalue weighted by Gasteiger charge is 2.23. The number of phenols is 1. The van der Waals surface area contributed by atoms with E-state index in [1.807, 2.05) is 24.4 Å². The van der Waals surface area contributed by atoms with Crippen molar-refractivity contribution in [2.24, 2.45) is 0 Å². The number of hydrogen-bond donors (Lipinski definition) is 1.